The first-order valence-electron chi connectivity index (χ1n) is 4.26. The van der Waals surface area contributed by atoms with Crippen LogP contribution in [0.3, 0.4) is 0 Å². The van der Waals surface area contributed by atoms with Gasteiger partial charge in [0.1, 0.15) is 5.82 Å². The zero-order chi connectivity index (χ0) is 9.80. The molecule has 0 aliphatic carbocycles. The van der Waals surface area contributed by atoms with E-state index in [1.807, 2.05) is 18.2 Å². The molecule has 1 aromatic carbocycles. The summed E-state index contributed by atoms with van der Waals surface area (Å²) in [4.78, 5) is 6.80. The van der Waals surface area contributed by atoms with Crippen LogP contribution in [0, 0.1) is 5.82 Å². The van der Waals surface area contributed by atoms with E-state index in [1.165, 1.54) is 12.1 Å². The maximum absolute atomic E-state index is 12.8. The summed E-state index contributed by atoms with van der Waals surface area (Å²) in [5, 5.41) is 0. The summed E-state index contributed by atoms with van der Waals surface area (Å²) in [6, 6.07) is 6.43. The highest BCUT2D eigenvalue weighted by Crippen LogP contribution is 2.07. The molecule has 1 aromatic heterocycles. The Hall–Kier alpha value is -1.90. The Balaban J connectivity index is 2.18. The normalized spacial score (nSPS) is 10.9. The number of H-pyrrole nitrogens is 1. The maximum Gasteiger partial charge on any atom is 0.123 e. The smallest absolute Gasteiger partial charge is 0.123 e. The second-order valence-corrected chi connectivity index (χ2v) is 2.90. The van der Waals surface area contributed by atoms with E-state index in [2.05, 4.69) is 9.97 Å². The maximum atomic E-state index is 12.8. The van der Waals surface area contributed by atoms with Crippen molar-refractivity contribution in [3.8, 4) is 0 Å². The fourth-order valence-corrected chi connectivity index (χ4v) is 1.15. The minimum Gasteiger partial charge on any atom is -0.345 e. The first-order valence-corrected chi connectivity index (χ1v) is 4.26. The van der Waals surface area contributed by atoms with E-state index in [0.29, 0.717) is 0 Å². The lowest BCUT2D eigenvalue weighted by Gasteiger charge is -1.92. The molecule has 2 nitrogen and oxygen atoms in total. The van der Waals surface area contributed by atoms with Gasteiger partial charge in [-0.3, -0.25) is 0 Å². The number of aromatic nitrogens is 2. The van der Waals surface area contributed by atoms with Crippen molar-refractivity contribution < 1.29 is 4.39 Å². The summed E-state index contributed by atoms with van der Waals surface area (Å²) in [7, 11) is 0. The van der Waals surface area contributed by atoms with Gasteiger partial charge in [0.2, 0.25) is 0 Å². The summed E-state index contributed by atoms with van der Waals surface area (Å²) >= 11 is 0. The van der Waals surface area contributed by atoms with Gasteiger partial charge < -0.3 is 4.98 Å². The number of rotatable bonds is 2. The van der Waals surface area contributed by atoms with E-state index >= 15 is 0 Å². The molecule has 3 heteroatoms. The van der Waals surface area contributed by atoms with Crippen molar-refractivity contribution in [2.24, 2.45) is 0 Å². The third kappa shape index (κ3) is 2.07. The van der Waals surface area contributed by atoms with E-state index in [-0.39, 0.29) is 5.82 Å². The third-order valence-electron chi connectivity index (χ3n) is 1.82. The number of halogens is 1. The Morgan fingerprint density at radius 3 is 2.93 bits per heavy atom. The molecule has 0 saturated carbocycles. The minimum absolute atomic E-state index is 0.225. The molecule has 2 aromatic rings. The van der Waals surface area contributed by atoms with Crippen LogP contribution in [0.2, 0.25) is 0 Å². The predicted octanol–water partition coefficient (Wildman–Crippen LogP) is 2.72. The number of hydrogen-bond acceptors (Lipinski definition) is 1. The van der Waals surface area contributed by atoms with Gasteiger partial charge in [-0.05, 0) is 23.8 Å². The molecule has 1 N–H and O–H groups in total. The van der Waals surface area contributed by atoms with Gasteiger partial charge in [0.25, 0.3) is 0 Å². The average molecular weight is 188 g/mol. The molecule has 0 radical (unpaired) electrons. The van der Waals surface area contributed by atoms with Gasteiger partial charge in [-0.1, -0.05) is 18.2 Å². The Bertz CT molecular complexity index is 432. The van der Waals surface area contributed by atoms with Crippen LogP contribution in [-0.2, 0) is 0 Å². The number of hydrogen-bond donors (Lipinski definition) is 1. The number of benzene rings is 1. The van der Waals surface area contributed by atoms with Crippen LogP contribution in [0.1, 0.15) is 11.3 Å². The van der Waals surface area contributed by atoms with Gasteiger partial charge in [-0.15, -0.1) is 0 Å². The lowest BCUT2D eigenvalue weighted by atomic mass is 10.2. The van der Waals surface area contributed by atoms with Gasteiger partial charge >= 0.3 is 0 Å². The molecule has 70 valence electrons. The van der Waals surface area contributed by atoms with E-state index in [4.69, 9.17) is 0 Å². The Kier molecular flexibility index (Phi) is 2.40. The van der Waals surface area contributed by atoms with Crippen LogP contribution in [0.25, 0.3) is 12.2 Å². The highest BCUT2D eigenvalue weighted by Gasteiger charge is 1.90. The topological polar surface area (TPSA) is 28.7 Å². The summed E-state index contributed by atoms with van der Waals surface area (Å²) in [5.41, 5.74) is 1.73. The van der Waals surface area contributed by atoms with Gasteiger partial charge in [0.05, 0.1) is 18.2 Å². The number of nitrogens with zero attached hydrogens (tertiary/aromatic N) is 1. The molecular weight excluding hydrogens is 179 g/mol. The van der Waals surface area contributed by atoms with Crippen molar-refractivity contribution in [3.05, 3.63) is 53.9 Å². The molecule has 1 heterocycles. The van der Waals surface area contributed by atoms with Crippen molar-refractivity contribution in [3.63, 3.8) is 0 Å². The molecule has 0 aliphatic heterocycles. The van der Waals surface area contributed by atoms with Crippen LogP contribution in [0.15, 0.2) is 36.8 Å². The van der Waals surface area contributed by atoms with E-state index < -0.39 is 0 Å². The number of aromatic amines is 1. The fraction of sp³-hybridized carbons (Fsp3) is 0. The second-order valence-electron chi connectivity index (χ2n) is 2.90. The zero-order valence-electron chi connectivity index (χ0n) is 7.44. The van der Waals surface area contributed by atoms with Crippen molar-refractivity contribution >= 4 is 12.2 Å². The van der Waals surface area contributed by atoms with Gasteiger partial charge in [-0.25, -0.2) is 9.37 Å². The lowest BCUT2D eigenvalue weighted by molar-refractivity contribution is 0.627. The summed E-state index contributed by atoms with van der Waals surface area (Å²) < 4.78 is 12.8. The number of imidazole rings is 1. The van der Waals surface area contributed by atoms with Crippen molar-refractivity contribution in [1.82, 2.24) is 9.97 Å². The summed E-state index contributed by atoms with van der Waals surface area (Å²) in [6.07, 6.45) is 6.99. The summed E-state index contributed by atoms with van der Waals surface area (Å²) in [6.45, 7) is 0. The molecule has 0 amide bonds. The minimum atomic E-state index is -0.225. The van der Waals surface area contributed by atoms with Crippen LogP contribution >= 0.6 is 0 Å². The highest BCUT2D eigenvalue weighted by molar-refractivity contribution is 5.67. The SMILES string of the molecule is Fc1cccc(/C=C/c2cnc[nH]2)c1. The van der Waals surface area contributed by atoms with Crippen LogP contribution in [0.4, 0.5) is 4.39 Å². The second kappa shape index (κ2) is 3.87. The zero-order valence-corrected chi connectivity index (χ0v) is 7.44. The van der Waals surface area contributed by atoms with Gasteiger partial charge in [0.15, 0.2) is 0 Å². The molecule has 0 unspecified atom stereocenters. The van der Waals surface area contributed by atoms with Crippen molar-refractivity contribution in [2.75, 3.05) is 0 Å². The fourth-order valence-electron chi connectivity index (χ4n) is 1.15. The first kappa shape index (κ1) is 8.69. The Morgan fingerprint density at radius 2 is 2.21 bits per heavy atom. The van der Waals surface area contributed by atoms with Crippen LogP contribution < -0.4 is 0 Å². The van der Waals surface area contributed by atoms with E-state index in [1.54, 1.807) is 18.6 Å². The van der Waals surface area contributed by atoms with E-state index in [0.717, 1.165) is 11.3 Å². The highest BCUT2D eigenvalue weighted by atomic mass is 19.1. The molecule has 14 heavy (non-hydrogen) atoms. The molecular formula is C11H9FN2. The molecule has 0 fully saturated rings. The average Bonchev–Trinajstić information content (AvgIpc) is 2.67. The molecule has 0 spiro atoms. The monoisotopic (exact) mass is 188 g/mol. The number of nitrogens with one attached hydrogen (secondary N) is 1. The molecule has 2 rings (SSSR count). The lowest BCUT2D eigenvalue weighted by Crippen LogP contribution is -1.75. The molecule has 0 saturated heterocycles. The molecule has 0 aliphatic rings. The van der Waals surface area contributed by atoms with Crippen molar-refractivity contribution in [1.29, 1.82) is 0 Å². The molecule has 0 atom stereocenters. The largest absolute Gasteiger partial charge is 0.345 e. The van der Waals surface area contributed by atoms with Crippen molar-refractivity contribution in [2.45, 2.75) is 0 Å². The van der Waals surface area contributed by atoms with Gasteiger partial charge in [-0.2, -0.15) is 0 Å². The van der Waals surface area contributed by atoms with Gasteiger partial charge in [0, 0.05) is 0 Å². The quantitative estimate of drug-likeness (QED) is 0.771. The van der Waals surface area contributed by atoms with Crippen LogP contribution in [-0.4, -0.2) is 9.97 Å². The Labute approximate surface area is 81.1 Å². The summed E-state index contributed by atoms with van der Waals surface area (Å²) in [5.74, 6) is -0.225. The molecule has 0 bridgehead atoms. The van der Waals surface area contributed by atoms with Crippen LogP contribution in [0.5, 0.6) is 0 Å². The third-order valence-corrected chi connectivity index (χ3v) is 1.82. The van der Waals surface area contributed by atoms with E-state index in [9.17, 15) is 4.39 Å². The predicted molar refractivity (Wildman–Crippen MR) is 53.9 cm³/mol. The standard InChI is InChI=1S/C11H9FN2/c12-10-3-1-2-9(6-10)4-5-11-7-13-8-14-11/h1-8H,(H,13,14)/b5-4+. The first-order chi connectivity index (χ1) is 6.84. The Morgan fingerprint density at radius 1 is 1.29 bits per heavy atom.